The number of H-pyrrole nitrogens is 2. The standard InChI is InChI=1S/C26H27N9O/c1-16-4-3-7-27-24(16)32-26-30-21-13-19(23(14-22(21)31-26)35-10-8-34(2)9-11-35)25(36)29-18-6-5-17-15-28-33-20(17)12-18/h3-7,12-15H,8-11H2,1-2H3,(H,28,33)(H,29,36)(H2,27,30,31,32). The second kappa shape index (κ2) is 8.97. The molecule has 1 saturated heterocycles. The minimum Gasteiger partial charge on any atom is -0.368 e. The maximum Gasteiger partial charge on any atom is 0.257 e. The zero-order valence-corrected chi connectivity index (χ0v) is 20.2. The number of aryl methyl sites for hydroxylation is 1. The van der Waals surface area contributed by atoms with Crippen LogP contribution in [0.25, 0.3) is 21.9 Å². The number of fused-ring (bicyclic) bond motifs is 2. The maximum absolute atomic E-state index is 13.6. The number of carbonyl (C=O) groups excluding carboxylic acids is 1. The number of likely N-dealkylation sites (N-methyl/N-ethyl adjacent to an activating group) is 1. The number of amides is 1. The number of nitrogens with zero attached hydrogens (tertiary/aromatic N) is 5. The van der Waals surface area contributed by atoms with Gasteiger partial charge in [0.1, 0.15) is 5.82 Å². The van der Waals surface area contributed by atoms with Crippen molar-refractivity contribution in [3.8, 4) is 0 Å². The number of nitrogens with one attached hydrogen (secondary N) is 4. The van der Waals surface area contributed by atoms with E-state index < -0.39 is 0 Å². The van der Waals surface area contributed by atoms with Crippen molar-refractivity contribution in [3.63, 3.8) is 0 Å². The number of anilines is 4. The average molecular weight is 482 g/mol. The zero-order chi connectivity index (χ0) is 24.6. The zero-order valence-electron chi connectivity index (χ0n) is 20.2. The maximum atomic E-state index is 13.6. The minimum atomic E-state index is -0.172. The lowest BCUT2D eigenvalue weighted by molar-refractivity contribution is 0.102. The number of hydrogen-bond donors (Lipinski definition) is 4. The van der Waals surface area contributed by atoms with Gasteiger partial charge in [0.2, 0.25) is 5.95 Å². The molecule has 0 aliphatic carbocycles. The Hall–Kier alpha value is -4.44. The Balaban J connectivity index is 1.36. The number of aromatic amines is 2. The third-order valence-electron chi connectivity index (χ3n) is 6.63. The summed E-state index contributed by atoms with van der Waals surface area (Å²) in [4.78, 5) is 30.6. The van der Waals surface area contributed by atoms with Gasteiger partial charge < -0.3 is 25.4 Å². The highest BCUT2D eigenvalue weighted by Crippen LogP contribution is 2.30. The van der Waals surface area contributed by atoms with Crippen LogP contribution in [0.2, 0.25) is 0 Å². The van der Waals surface area contributed by atoms with Crippen LogP contribution in [0.15, 0.2) is 54.9 Å². The first-order valence-electron chi connectivity index (χ1n) is 11.9. The number of pyridine rings is 1. The predicted molar refractivity (Wildman–Crippen MR) is 142 cm³/mol. The molecule has 182 valence electrons. The van der Waals surface area contributed by atoms with Gasteiger partial charge in [0.15, 0.2) is 0 Å². The summed E-state index contributed by atoms with van der Waals surface area (Å²) >= 11 is 0. The first kappa shape index (κ1) is 22.1. The molecule has 1 aliphatic rings. The van der Waals surface area contributed by atoms with Crippen molar-refractivity contribution < 1.29 is 4.79 Å². The Kier molecular flexibility index (Phi) is 5.49. The quantitative estimate of drug-likeness (QED) is 0.301. The van der Waals surface area contributed by atoms with Crippen molar-refractivity contribution in [1.82, 2.24) is 30.0 Å². The molecule has 0 bridgehead atoms. The van der Waals surface area contributed by atoms with Crippen LogP contribution in [0, 0.1) is 6.92 Å². The summed E-state index contributed by atoms with van der Waals surface area (Å²) in [5.41, 5.74) is 5.64. The third kappa shape index (κ3) is 4.22. The number of piperazine rings is 1. The van der Waals surface area contributed by atoms with Gasteiger partial charge in [-0.25, -0.2) is 9.97 Å². The predicted octanol–water partition coefficient (Wildman–Crippen LogP) is 3.89. The van der Waals surface area contributed by atoms with E-state index in [0.29, 0.717) is 17.2 Å². The van der Waals surface area contributed by atoms with Gasteiger partial charge in [-0.2, -0.15) is 5.10 Å². The summed E-state index contributed by atoms with van der Waals surface area (Å²) in [6.07, 6.45) is 3.50. The molecule has 10 nitrogen and oxygen atoms in total. The van der Waals surface area contributed by atoms with Gasteiger partial charge in [-0.3, -0.25) is 9.89 Å². The number of imidazole rings is 1. The van der Waals surface area contributed by atoms with E-state index in [-0.39, 0.29) is 5.91 Å². The van der Waals surface area contributed by atoms with Crippen molar-refractivity contribution in [3.05, 3.63) is 66.0 Å². The van der Waals surface area contributed by atoms with Crippen molar-refractivity contribution >= 4 is 51.0 Å². The molecule has 10 heteroatoms. The molecule has 0 spiro atoms. The van der Waals surface area contributed by atoms with E-state index in [2.05, 4.69) is 47.6 Å². The second-order valence-electron chi connectivity index (χ2n) is 9.18. The Morgan fingerprint density at radius 1 is 1.06 bits per heavy atom. The number of carbonyl (C=O) groups is 1. The normalized spacial score (nSPS) is 14.4. The summed E-state index contributed by atoms with van der Waals surface area (Å²) < 4.78 is 0. The van der Waals surface area contributed by atoms with Crippen molar-refractivity contribution in [1.29, 1.82) is 0 Å². The van der Waals surface area contributed by atoms with Gasteiger partial charge in [-0.1, -0.05) is 6.07 Å². The second-order valence-corrected chi connectivity index (χ2v) is 9.18. The fraction of sp³-hybridized carbons (Fsp3) is 0.231. The number of benzene rings is 2. The van der Waals surface area contributed by atoms with Gasteiger partial charge in [0, 0.05) is 43.4 Å². The van der Waals surface area contributed by atoms with Crippen LogP contribution in [0.3, 0.4) is 0 Å². The lowest BCUT2D eigenvalue weighted by atomic mass is 10.1. The summed E-state index contributed by atoms with van der Waals surface area (Å²) in [5, 5.41) is 14.3. The van der Waals surface area contributed by atoms with Gasteiger partial charge in [0.25, 0.3) is 5.91 Å². The molecule has 6 rings (SSSR count). The molecule has 1 aliphatic heterocycles. The number of aromatic nitrogens is 5. The molecule has 0 radical (unpaired) electrons. The summed E-state index contributed by atoms with van der Waals surface area (Å²) in [6.45, 7) is 5.53. The summed E-state index contributed by atoms with van der Waals surface area (Å²) in [7, 11) is 2.12. The highest BCUT2D eigenvalue weighted by atomic mass is 16.1. The number of hydrogen-bond acceptors (Lipinski definition) is 7. The molecule has 3 aromatic heterocycles. The molecule has 5 aromatic rings. The molecule has 1 fully saturated rings. The number of rotatable bonds is 5. The fourth-order valence-electron chi connectivity index (χ4n) is 4.54. The van der Waals surface area contributed by atoms with Crippen LogP contribution >= 0.6 is 0 Å². The first-order valence-corrected chi connectivity index (χ1v) is 11.9. The van der Waals surface area contributed by atoms with Gasteiger partial charge in [-0.15, -0.1) is 0 Å². The van der Waals surface area contributed by atoms with Crippen LogP contribution in [-0.4, -0.2) is 69.2 Å². The topological polar surface area (TPSA) is 118 Å². The Labute approximate surface area is 207 Å². The highest BCUT2D eigenvalue weighted by molar-refractivity contribution is 6.11. The lowest BCUT2D eigenvalue weighted by Crippen LogP contribution is -2.45. The van der Waals surface area contributed by atoms with Crippen molar-refractivity contribution in [2.75, 3.05) is 48.8 Å². The van der Waals surface area contributed by atoms with E-state index in [9.17, 15) is 4.79 Å². The van der Waals surface area contributed by atoms with Crippen LogP contribution in [0.1, 0.15) is 15.9 Å². The van der Waals surface area contributed by atoms with Gasteiger partial charge >= 0.3 is 0 Å². The Morgan fingerprint density at radius 3 is 2.75 bits per heavy atom. The van der Waals surface area contributed by atoms with E-state index in [1.807, 2.05) is 49.4 Å². The summed E-state index contributed by atoms with van der Waals surface area (Å²) in [5.74, 6) is 1.15. The van der Waals surface area contributed by atoms with Crippen LogP contribution in [-0.2, 0) is 0 Å². The van der Waals surface area contributed by atoms with Gasteiger partial charge in [-0.05, 0) is 55.9 Å². The molecule has 4 heterocycles. The molecule has 2 aromatic carbocycles. The SMILES string of the molecule is Cc1cccnc1Nc1nc2cc(N3CCN(C)CC3)c(C(=O)Nc3ccc4cn[nH]c4c3)cc2[nH]1. The monoisotopic (exact) mass is 481 g/mol. The van der Waals surface area contributed by atoms with Crippen LogP contribution in [0.5, 0.6) is 0 Å². The Bertz CT molecular complexity index is 1560. The highest BCUT2D eigenvalue weighted by Gasteiger charge is 2.22. The molecule has 0 unspecified atom stereocenters. The van der Waals surface area contributed by atoms with E-state index in [4.69, 9.17) is 4.98 Å². The lowest BCUT2D eigenvalue weighted by Gasteiger charge is -2.35. The minimum absolute atomic E-state index is 0.172. The van der Waals surface area contributed by atoms with E-state index >= 15 is 0 Å². The molecule has 4 N–H and O–H groups in total. The summed E-state index contributed by atoms with van der Waals surface area (Å²) in [6, 6.07) is 13.5. The first-order chi connectivity index (χ1) is 17.5. The molecule has 36 heavy (non-hydrogen) atoms. The largest absolute Gasteiger partial charge is 0.368 e. The third-order valence-corrected chi connectivity index (χ3v) is 6.63. The molecule has 0 atom stereocenters. The smallest absolute Gasteiger partial charge is 0.257 e. The molecular formula is C26H27N9O. The van der Waals surface area contributed by atoms with Gasteiger partial charge in [0.05, 0.1) is 34.0 Å². The molecular weight excluding hydrogens is 454 g/mol. The van der Waals surface area contributed by atoms with Crippen LogP contribution in [0.4, 0.5) is 23.1 Å². The van der Waals surface area contributed by atoms with Crippen LogP contribution < -0.4 is 15.5 Å². The molecule has 0 saturated carbocycles. The van der Waals surface area contributed by atoms with E-state index in [1.54, 1.807) is 12.4 Å². The fourth-order valence-corrected chi connectivity index (χ4v) is 4.54. The van der Waals surface area contributed by atoms with Crippen molar-refractivity contribution in [2.24, 2.45) is 0 Å². The van der Waals surface area contributed by atoms with E-state index in [1.165, 1.54) is 0 Å². The average Bonchev–Trinajstić information content (AvgIpc) is 3.51. The van der Waals surface area contributed by atoms with E-state index in [0.717, 1.165) is 65.2 Å². The molecule has 1 amide bonds. The van der Waals surface area contributed by atoms with Crippen molar-refractivity contribution in [2.45, 2.75) is 6.92 Å². The Morgan fingerprint density at radius 2 is 1.92 bits per heavy atom.